The largest absolute Gasteiger partial charge is 0.493 e. The van der Waals surface area contributed by atoms with Crippen molar-refractivity contribution in [1.82, 2.24) is 4.90 Å². The minimum atomic E-state index is -0.0711. The number of benzene rings is 2. The number of ether oxygens (including phenoxy) is 3. The number of carbonyl (C=O) groups excluding carboxylic acids is 2. The average molecular weight is 483 g/mol. The first-order valence-electron chi connectivity index (χ1n) is 12.2. The molecule has 0 fully saturated rings. The lowest BCUT2D eigenvalue weighted by molar-refractivity contribution is -0.130. The number of hydrogen-bond acceptors (Lipinski definition) is 5. The van der Waals surface area contributed by atoms with Crippen LogP contribution in [0.25, 0.3) is 0 Å². The van der Waals surface area contributed by atoms with E-state index in [-0.39, 0.29) is 23.8 Å². The van der Waals surface area contributed by atoms with E-state index in [0.717, 1.165) is 23.4 Å². The van der Waals surface area contributed by atoms with Gasteiger partial charge in [-0.05, 0) is 60.1 Å². The van der Waals surface area contributed by atoms with Gasteiger partial charge in [-0.3, -0.25) is 9.59 Å². The van der Waals surface area contributed by atoms with Crippen molar-refractivity contribution < 1.29 is 23.8 Å². The second-order valence-electron chi connectivity index (χ2n) is 9.61. The summed E-state index contributed by atoms with van der Waals surface area (Å²) < 4.78 is 16.3. The Balaban J connectivity index is 1.56. The number of carbonyl (C=O) groups is 2. The molecule has 0 spiro atoms. The normalized spacial score (nSPS) is 13.2. The summed E-state index contributed by atoms with van der Waals surface area (Å²) in [6.07, 6.45) is 2.67. The Morgan fingerprint density at radius 1 is 1.11 bits per heavy atom. The quantitative estimate of drug-likeness (QED) is 0.468. The van der Waals surface area contributed by atoms with Crippen LogP contribution in [0.15, 0.2) is 36.4 Å². The molecule has 2 aromatic carbocycles. The van der Waals surface area contributed by atoms with Crippen LogP contribution in [0.2, 0.25) is 0 Å². The smallest absolute Gasteiger partial charge is 0.265 e. The number of nitrogens with zero attached hydrogens (tertiary/aromatic N) is 2. The number of anilines is 1. The summed E-state index contributed by atoms with van der Waals surface area (Å²) in [5.41, 5.74) is 3.06. The van der Waals surface area contributed by atoms with Crippen LogP contribution in [0.5, 0.6) is 17.2 Å². The van der Waals surface area contributed by atoms with Crippen molar-refractivity contribution >= 4 is 17.5 Å². The molecule has 2 aromatic rings. The summed E-state index contributed by atoms with van der Waals surface area (Å²) in [6.45, 7) is 7.67. The molecule has 35 heavy (non-hydrogen) atoms. The molecule has 0 bridgehead atoms. The molecule has 0 unspecified atom stereocenters. The summed E-state index contributed by atoms with van der Waals surface area (Å²) in [5, 5.41) is 0. The molecule has 0 N–H and O–H groups in total. The zero-order valence-corrected chi connectivity index (χ0v) is 21.8. The van der Waals surface area contributed by atoms with E-state index in [9.17, 15) is 9.59 Å². The van der Waals surface area contributed by atoms with E-state index in [1.54, 1.807) is 24.0 Å². The number of likely N-dealkylation sites (N-methyl/N-ethyl adjacent to an activating group) is 1. The van der Waals surface area contributed by atoms with Gasteiger partial charge in [-0.25, -0.2) is 0 Å². The third kappa shape index (κ3) is 6.27. The van der Waals surface area contributed by atoms with Gasteiger partial charge >= 0.3 is 0 Å². The van der Waals surface area contributed by atoms with Crippen molar-refractivity contribution in [2.45, 2.75) is 51.9 Å². The second-order valence-corrected chi connectivity index (χ2v) is 9.61. The monoisotopic (exact) mass is 482 g/mol. The maximum absolute atomic E-state index is 12.7. The molecule has 0 aromatic heterocycles. The molecular weight excluding hydrogens is 444 g/mol. The molecule has 0 radical (unpaired) electrons. The van der Waals surface area contributed by atoms with Crippen LogP contribution in [-0.2, 0) is 21.4 Å². The second kappa shape index (κ2) is 11.5. The zero-order valence-electron chi connectivity index (χ0n) is 21.8. The third-order valence-corrected chi connectivity index (χ3v) is 6.95. The first kappa shape index (κ1) is 26.4. The van der Waals surface area contributed by atoms with Crippen LogP contribution in [0, 0.1) is 0 Å². The van der Waals surface area contributed by atoms with Gasteiger partial charge < -0.3 is 24.0 Å². The Bertz CT molecular complexity index is 1050. The fourth-order valence-corrected chi connectivity index (χ4v) is 4.11. The van der Waals surface area contributed by atoms with Crippen molar-refractivity contribution in [3.05, 3.63) is 47.5 Å². The molecule has 1 heterocycles. The minimum absolute atomic E-state index is 0.00771. The molecular formula is C28H38N2O5. The van der Waals surface area contributed by atoms with Gasteiger partial charge in [0.2, 0.25) is 5.91 Å². The fourth-order valence-electron chi connectivity index (χ4n) is 4.11. The Hall–Kier alpha value is -3.22. The van der Waals surface area contributed by atoms with Crippen LogP contribution in [0.3, 0.4) is 0 Å². The Kier molecular flexibility index (Phi) is 8.65. The first-order chi connectivity index (χ1) is 16.7. The van der Waals surface area contributed by atoms with Gasteiger partial charge in [0.25, 0.3) is 5.91 Å². The van der Waals surface area contributed by atoms with E-state index in [2.05, 4.69) is 32.9 Å². The summed E-state index contributed by atoms with van der Waals surface area (Å²) in [5.74, 6) is 2.08. The first-order valence-corrected chi connectivity index (χ1v) is 12.2. The van der Waals surface area contributed by atoms with Crippen molar-refractivity contribution in [3.63, 3.8) is 0 Å². The highest BCUT2D eigenvalue weighted by Crippen LogP contribution is 2.37. The number of methoxy groups -OCH3 is 2. The highest BCUT2D eigenvalue weighted by Gasteiger charge is 2.28. The topological polar surface area (TPSA) is 68.3 Å². The molecule has 1 aliphatic rings. The zero-order chi connectivity index (χ0) is 25.6. The van der Waals surface area contributed by atoms with Gasteiger partial charge in [-0.2, -0.15) is 0 Å². The van der Waals surface area contributed by atoms with Crippen LogP contribution < -0.4 is 19.1 Å². The lowest BCUT2D eigenvalue weighted by Gasteiger charge is -2.32. The minimum Gasteiger partial charge on any atom is -0.493 e. The van der Waals surface area contributed by atoms with E-state index >= 15 is 0 Å². The molecule has 190 valence electrons. The summed E-state index contributed by atoms with van der Waals surface area (Å²) in [6, 6.07) is 11.9. The van der Waals surface area contributed by atoms with E-state index in [1.807, 2.05) is 31.3 Å². The highest BCUT2D eigenvalue weighted by molar-refractivity contribution is 5.98. The summed E-state index contributed by atoms with van der Waals surface area (Å²) in [7, 11) is 5.04. The maximum atomic E-state index is 12.7. The van der Waals surface area contributed by atoms with Crippen molar-refractivity contribution in [3.8, 4) is 17.2 Å². The Morgan fingerprint density at radius 3 is 2.54 bits per heavy atom. The summed E-state index contributed by atoms with van der Waals surface area (Å²) in [4.78, 5) is 28.9. The lowest BCUT2D eigenvalue weighted by atomic mass is 9.82. The average Bonchev–Trinajstić information content (AvgIpc) is 2.87. The third-order valence-electron chi connectivity index (χ3n) is 6.95. The van der Waals surface area contributed by atoms with E-state index in [1.165, 1.54) is 5.56 Å². The Labute approximate surface area is 209 Å². The van der Waals surface area contributed by atoms with Gasteiger partial charge in [0.05, 0.1) is 19.9 Å². The lowest BCUT2D eigenvalue weighted by Crippen LogP contribution is -2.40. The molecule has 7 nitrogen and oxygen atoms in total. The molecule has 1 aliphatic heterocycles. The SMILES string of the molecule is CCC(C)(C)c1ccc2c(c1)N(CCCC(=O)N(C)CCc1ccc(OC)c(OC)c1)C(=O)CO2. The van der Waals surface area contributed by atoms with Crippen LogP contribution >= 0.6 is 0 Å². The predicted octanol–water partition coefficient (Wildman–Crippen LogP) is 4.60. The molecule has 0 aliphatic carbocycles. The van der Waals surface area contributed by atoms with Crippen molar-refractivity contribution in [2.24, 2.45) is 0 Å². The number of fused-ring (bicyclic) bond motifs is 1. The van der Waals surface area contributed by atoms with Crippen molar-refractivity contribution in [1.29, 1.82) is 0 Å². The molecule has 3 rings (SSSR count). The van der Waals surface area contributed by atoms with Gasteiger partial charge in [0, 0.05) is 26.6 Å². The molecule has 7 heteroatoms. The number of rotatable bonds is 11. The molecule has 0 saturated carbocycles. The van der Waals surface area contributed by atoms with Gasteiger partial charge in [0.1, 0.15) is 5.75 Å². The van der Waals surface area contributed by atoms with Gasteiger partial charge in [-0.1, -0.05) is 32.9 Å². The van der Waals surface area contributed by atoms with Crippen LogP contribution in [0.4, 0.5) is 5.69 Å². The van der Waals surface area contributed by atoms with Crippen molar-refractivity contribution in [2.75, 3.05) is 45.9 Å². The van der Waals surface area contributed by atoms with Gasteiger partial charge in [0.15, 0.2) is 18.1 Å². The fraction of sp³-hybridized carbons (Fsp3) is 0.500. The molecule has 0 atom stereocenters. The van der Waals surface area contributed by atoms with Crippen LogP contribution in [0.1, 0.15) is 51.2 Å². The van der Waals surface area contributed by atoms with E-state index in [0.29, 0.717) is 43.9 Å². The predicted molar refractivity (Wildman–Crippen MR) is 138 cm³/mol. The van der Waals surface area contributed by atoms with E-state index in [4.69, 9.17) is 14.2 Å². The highest BCUT2D eigenvalue weighted by atomic mass is 16.5. The van der Waals surface area contributed by atoms with Gasteiger partial charge in [-0.15, -0.1) is 0 Å². The standard InChI is InChI=1S/C28H38N2O5/c1-7-28(2,3)21-11-13-23-22(18-21)30(27(32)19-35-23)15-8-9-26(31)29(4)16-14-20-10-12-24(33-5)25(17-20)34-6/h10-13,17-18H,7-9,14-16,19H2,1-6H3. The molecule has 0 saturated heterocycles. The number of hydrogen-bond donors (Lipinski definition) is 0. The number of amides is 2. The molecule has 2 amide bonds. The maximum Gasteiger partial charge on any atom is 0.265 e. The van der Waals surface area contributed by atoms with E-state index < -0.39 is 0 Å². The Morgan fingerprint density at radius 2 is 1.86 bits per heavy atom. The van der Waals surface area contributed by atoms with Crippen LogP contribution in [-0.4, -0.2) is 57.7 Å². The summed E-state index contributed by atoms with van der Waals surface area (Å²) >= 11 is 0.